The van der Waals surface area contributed by atoms with E-state index in [1.807, 2.05) is 6.07 Å². The molecule has 2 rings (SSSR count). The quantitative estimate of drug-likeness (QED) is 0.836. The Balaban J connectivity index is 2.32. The van der Waals surface area contributed by atoms with Crippen LogP contribution in [-0.4, -0.2) is 13.0 Å². The Morgan fingerprint density at radius 1 is 1.33 bits per heavy atom. The van der Waals surface area contributed by atoms with E-state index in [9.17, 15) is 4.79 Å². The van der Waals surface area contributed by atoms with Crippen LogP contribution in [0.3, 0.4) is 0 Å². The average Bonchev–Trinajstić information content (AvgIpc) is 2.49. The summed E-state index contributed by atoms with van der Waals surface area (Å²) in [7, 11) is 1.47. The number of nitriles is 1. The van der Waals surface area contributed by atoms with Gasteiger partial charge in [-0.3, -0.25) is 4.79 Å². The zero-order valence-corrected chi connectivity index (χ0v) is 12.8. The first-order valence-electron chi connectivity index (χ1n) is 5.99. The minimum absolute atomic E-state index is 0.322. The Kier molecular flexibility index (Phi) is 4.45. The molecule has 0 saturated carbocycles. The van der Waals surface area contributed by atoms with E-state index >= 15 is 0 Å². The number of halogens is 1. The number of hydrogen-bond donors (Lipinski definition) is 2. The van der Waals surface area contributed by atoms with Gasteiger partial charge in [0.2, 0.25) is 0 Å². The topological polar surface area (TPSA) is 88.1 Å². The predicted molar refractivity (Wildman–Crippen MR) is 84.2 cm³/mol. The fourth-order valence-electron chi connectivity index (χ4n) is 1.77. The van der Waals surface area contributed by atoms with Crippen molar-refractivity contribution in [1.82, 2.24) is 0 Å². The Morgan fingerprint density at radius 2 is 2.10 bits per heavy atom. The number of amides is 1. The Labute approximate surface area is 130 Å². The van der Waals surface area contributed by atoms with Gasteiger partial charge in [0, 0.05) is 16.2 Å². The number of methoxy groups -OCH3 is 1. The van der Waals surface area contributed by atoms with E-state index in [-0.39, 0.29) is 5.91 Å². The second kappa shape index (κ2) is 6.29. The number of nitrogens with zero attached hydrogens (tertiary/aromatic N) is 1. The molecule has 0 aliphatic heterocycles. The molecular formula is C15H12BrN3O2. The number of rotatable bonds is 3. The van der Waals surface area contributed by atoms with E-state index in [0.717, 1.165) is 0 Å². The Bertz CT molecular complexity index is 738. The molecule has 2 aromatic carbocycles. The van der Waals surface area contributed by atoms with Crippen molar-refractivity contribution in [2.75, 3.05) is 18.2 Å². The third kappa shape index (κ3) is 3.33. The molecule has 0 spiro atoms. The third-order valence-corrected chi connectivity index (χ3v) is 3.51. The second-order valence-corrected chi connectivity index (χ2v) is 5.07. The summed E-state index contributed by atoms with van der Waals surface area (Å²) in [6.07, 6.45) is 0. The van der Waals surface area contributed by atoms with Crippen LogP contribution in [0.25, 0.3) is 0 Å². The number of anilines is 2. The van der Waals surface area contributed by atoms with Gasteiger partial charge in [0.1, 0.15) is 5.75 Å². The van der Waals surface area contributed by atoms with Crippen molar-refractivity contribution in [2.45, 2.75) is 0 Å². The molecule has 21 heavy (non-hydrogen) atoms. The standard InChI is InChI=1S/C15H12BrN3O2/c1-21-14-6-9(8-17)2-5-13(14)19-15(20)11-7-10(18)3-4-12(11)16/h2-7H,18H2,1H3,(H,19,20). The number of carbonyl (C=O) groups excluding carboxylic acids is 1. The molecule has 0 atom stereocenters. The minimum Gasteiger partial charge on any atom is -0.495 e. The van der Waals surface area contributed by atoms with Crippen molar-refractivity contribution in [3.05, 3.63) is 52.0 Å². The number of nitrogens with two attached hydrogens (primary N) is 1. The molecule has 0 fully saturated rings. The lowest BCUT2D eigenvalue weighted by atomic mass is 10.1. The van der Waals surface area contributed by atoms with Gasteiger partial charge in [-0.05, 0) is 46.3 Å². The van der Waals surface area contributed by atoms with Gasteiger partial charge in [-0.2, -0.15) is 5.26 Å². The van der Waals surface area contributed by atoms with Gasteiger partial charge in [0.05, 0.1) is 30.0 Å². The SMILES string of the molecule is COc1cc(C#N)ccc1NC(=O)c1cc(N)ccc1Br. The molecule has 1 amide bonds. The summed E-state index contributed by atoms with van der Waals surface area (Å²) in [5.74, 6) is 0.0969. The molecule has 2 aromatic rings. The van der Waals surface area contributed by atoms with Crippen LogP contribution >= 0.6 is 15.9 Å². The van der Waals surface area contributed by atoms with Crippen molar-refractivity contribution in [3.8, 4) is 11.8 Å². The minimum atomic E-state index is -0.322. The summed E-state index contributed by atoms with van der Waals surface area (Å²) in [5.41, 5.74) is 7.54. The highest BCUT2D eigenvalue weighted by Crippen LogP contribution is 2.27. The lowest BCUT2D eigenvalue weighted by Gasteiger charge is -2.11. The fraction of sp³-hybridized carbons (Fsp3) is 0.0667. The molecule has 3 N–H and O–H groups in total. The molecule has 0 aliphatic carbocycles. The first-order valence-corrected chi connectivity index (χ1v) is 6.79. The van der Waals surface area contributed by atoms with Gasteiger partial charge >= 0.3 is 0 Å². The number of benzene rings is 2. The first-order chi connectivity index (χ1) is 10.0. The largest absolute Gasteiger partial charge is 0.495 e. The van der Waals surface area contributed by atoms with Crippen molar-refractivity contribution in [3.63, 3.8) is 0 Å². The maximum Gasteiger partial charge on any atom is 0.256 e. The Morgan fingerprint density at radius 3 is 2.76 bits per heavy atom. The number of nitrogens with one attached hydrogen (secondary N) is 1. The molecule has 0 unspecified atom stereocenters. The van der Waals surface area contributed by atoms with Crippen LogP contribution in [0.15, 0.2) is 40.9 Å². The zero-order valence-electron chi connectivity index (χ0n) is 11.2. The van der Waals surface area contributed by atoms with Gasteiger partial charge in [-0.15, -0.1) is 0 Å². The monoisotopic (exact) mass is 345 g/mol. The van der Waals surface area contributed by atoms with Crippen molar-refractivity contribution < 1.29 is 9.53 Å². The summed E-state index contributed by atoms with van der Waals surface area (Å²) in [4.78, 5) is 12.3. The molecule has 106 valence electrons. The molecular weight excluding hydrogens is 334 g/mol. The lowest BCUT2D eigenvalue weighted by molar-refractivity contribution is 0.102. The molecule has 6 heteroatoms. The van der Waals surface area contributed by atoms with E-state index in [4.69, 9.17) is 15.7 Å². The van der Waals surface area contributed by atoms with Crippen LogP contribution < -0.4 is 15.8 Å². The second-order valence-electron chi connectivity index (χ2n) is 4.22. The molecule has 5 nitrogen and oxygen atoms in total. The van der Waals surface area contributed by atoms with Crippen LogP contribution in [0.4, 0.5) is 11.4 Å². The molecule has 0 aromatic heterocycles. The van der Waals surface area contributed by atoms with Gasteiger partial charge in [-0.25, -0.2) is 0 Å². The summed E-state index contributed by atoms with van der Waals surface area (Å²) in [6.45, 7) is 0. The summed E-state index contributed by atoms with van der Waals surface area (Å²) in [5, 5.41) is 11.6. The smallest absolute Gasteiger partial charge is 0.256 e. The highest BCUT2D eigenvalue weighted by Gasteiger charge is 2.13. The summed E-state index contributed by atoms with van der Waals surface area (Å²) >= 11 is 3.31. The lowest BCUT2D eigenvalue weighted by Crippen LogP contribution is -2.13. The van der Waals surface area contributed by atoms with E-state index in [0.29, 0.717) is 32.7 Å². The Hall–Kier alpha value is -2.52. The van der Waals surface area contributed by atoms with E-state index in [1.54, 1.807) is 36.4 Å². The molecule has 0 heterocycles. The van der Waals surface area contributed by atoms with Gasteiger partial charge in [0.25, 0.3) is 5.91 Å². The van der Waals surface area contributed by atoms with Crippen LogP contribution in [0, 0.1) is 11.3 Å². The fourth-order valence-corrected chi connectivity index (χ4v) is 2.20. The number of nitrogen functional groups attached to an aromatic ring is 1. The molecule has 0 radical (unpaired) electrons. The molecule has 0 bridgehead atoms. The maximum absolute atomic E-state index is 12.3. The van der Waals surface area contributed by atoms with E-state index in [2.05, 4.69) is 21.2 Å². The highest BCUT2D eigenvalue weighted by molar-refractivity contribution is 9.10. The molecule has 0 saturated heterocycles. The molecule has 0 aliphatic rings. The van der Waals surface area contributed by atoms with Crippen LogP contribution in [0.1, 0.15) is 15.9 Å². The predicted octanol–water partition coefficient (Wildman–Crippen LogP) is 3.16. The average molecular weight is 346 g/mol. The van der Waals surface area contributed by atoms with Crippen LogP contribution in [-0.2, 0) is 0 Å². The summed E-state index contributed by atoms with van der Waals surface area (Å²) < 4.78 is 5.82. The number of hydrogen-bond acceptors (Lipinski definition) is 4. The highest BCUT2D eigenvalue weighted by atomic mass is 79.9. The van der Waals surface area contributed by atoms with E-state index in [1.165, 1.54) is 7.11 Å². The van der Waals surface area contributed by atoms with Gasteiger partial charge in [-0.1, -0.05) is 0 Å². The maximum atomic E-state index is 12.3. The van der Waals surface area contributed by atoms with Gasteiger partial charge < -0.3 is 15.8 Å². The third-order valence-electron chi connectivity index (χ3n) is 2.81. The normalized spacial score (nSPS) is 9.76. The zero-order chi connectivity index (χ0) is 15.4. The first kappa shape index (κ1) is 14.9. The number of carbonyl (C=O) groups is 1. The van der Waals surface area contributed by atoms with E-state index < -0.39 is 0 Å². The van der Waals surface area contributed by atoms with Crippen molar-refractivity contribution in [2.24, 2.45) is 0 Å². The number of ether oxygens (including phenoxy) is 1. The van der Waals surface area contributed by atoms with Crippen molar-refractivity contribution in [1.29, 1.82) is 5.26 Å². The van der Waals surface area contributed by atoms with Crippen molar-refractivity contribution >= 4 is 33.2 Å². The van der Waals surface area contributed by atoms with Crippen LogP contribution in [0.5, 0.6) is 5.75 Å². The van der Waals surface area contributed by atoms with Gasteiger partial charge in [0.15, 0.2) is 0 Å². The summed E-state index contributed by atoms with van der Waals surface area (Å²) in [6, 6.07) is 11.8. The van der Waals surface area contributed by atoms with Crippen LogP contribution in [0.2, 0.25) is 0 Å².